The van der Waals surface area contributed by atoms with E-state index in [0.717, 1.165) is 29.4 Å². The summed E-state index contributed by atoms with van der Waals surface area (Å²) in [5, 5.41) is 37.1. The molecular formula is C35H30ClN11O10S3. The summed E-state index contributed by atoms with van der Waals surface area (Å²) in [5.41, 5.74) is 9.19. The summed E-state index contributed by atoms with van der Waals surface area (Å²) in [7, 11) is -9.87. The van der Waals surface area contributed by atoms with Gasteiger partial charge < -0.3 is 21.7 Å². The van der Waals surface area contributed by atoms with Gasteiger partial charge in [0.05, 0.1) is 29.1 Å². The van der Waals surface area contributed by atoms with Crippen LogP contribution in [-0.2, 0) is 29.6 Å². The largest absolute Gasteiger partial charge is 0.351 e. The van der Waals surface area contributed by atoms with Crippen LogP contribution in [0.5, 0.6) is 0 Å². The van der Waals surface area contributed by atoms with Crippen LogP contribution in [-0.4, -0.2) is 52.2 Å². The number of hydrogen-bond acceptors (Lipinski definition) is 18. The first-order valence-electron chi connectivity index (χ1n) is 16.8. The Morgan fingerprint density at radius 2 is 1.33 bits per heavy atom. The lowest BCUT2D eigenvalue weighted by atomic mass is 10.1. The average Bonchev–Trinajstić information content (AvgIpc) is 3.15. The third kappa shape index (κ3) is 10.9. The van der Waals surface area contributed by atoms with Crippen molar-refractivity contribution in [3.63, 3.8) is 0 Å². The van der Waals surface area contributed by atoms with Gasteiger partial charge in [-0.1, -0.05) is 17.2 Å². The molecule has 0 unspecified atom stereocenters. The number of aromatic nitrogens is 3. The fourth-order valence-electron chi connectivity index (χ4n) is 5.51. The molecule has 2 amide bonds. The van der Waals surface area contributed by atoms with Crippen molar-refractivity contribution in [2.45, 2.75) is 35.5 Å². The fraction of sp³-hybridized carbons (Fsp3) is 0.0857. The Morgan fingerprint density at radius 1 is 0.733 bits per heavy atom. The first-order chi connectivity index (χ1) is 28.4. The topological polar surface area (TPSA) is 315 Å². The van der Waals surface area contributed by atoms with E-state index < -0.39 is 41.7 Å². The van der Waals surface area contributed by atoms with Gasteiger partial charge in [0.1, 0.15) is 21.2 Å². The lowest BCUT2D eigenvalue weighted by molar-refractivity contribution is -0.432. The maximum absolute atomic E-state index is 12.4. The van der Waals surface area contributed by atoms with Crippen molar-refractivity contribution < 1.29 is 45.4 Å². The second kappa shape index (κ2) is 18.0. The molecule has 0 aliphatic heterocycles. The number of rotatable bonds is 14. The molecule has 0 saturated carbocycles. The summed E-state index contributed by atoms with van der Waals surface area (Å²) in [6.45, 7) is 5.28. The Kier molecular flexibility index (Phi) is 13.0. The highest BCUT2D eigenvalue weighted by Crippen LogP contribution is 2.39. The Bertz CT molecular complexity index is 2960. The number of benzene rings is 5. The van der Waals surface area contributed by atoms with Crippen LogP contribution < -0.4 is 21.7 Å². The van der Waals surface area contributed by atoms with E-state index in [0.29, 0.717) is 34.5 Å². The van der Waals surface area contributed by atoms with Gasteiger partial charge in [-0.3, -0.25) is 9.11 Å². The monoisotopic (exact) mass is 895 g/mol. The van der Waals surface area contributed by atoms with Gasteiger partial charge in [-0.2, -0.15) is 42.0 Å². The lowest BCUT2D eigenvalue weighted by Crippen LogP contribution is -2.19. The number of fused-ring (bicyclic) bond motifs is 1. The van der Waals surface area contributed by atoms with Crippen LogP contribution in [0.3, 0.4) is 0 Å². The number of carbonyl (C=O) groups excluding carboxylic acids is 1. The summed E-state index contributed by atoms with van der Waals surface area (Å²) in [6, 6.07) is 18.7. The highest BCUT2D eigenvalue weighted by Gasteiger charge is 2.23. The number of aryl methyl sites for hydroxylation is 3. The van der Waals surface area contributed by atoms with Crippen molar-refractivity contribution in [3.8, 4) is 0 Å². The van der Waals surface area contributed by atoms with Crippen LogP contribution >= 0.6 is 23.6 Å². The van der Waals surface area contributed by atoms with E-state index in [2.05, 4.69) is 60.7 Å². The second-order valence-corrected chi connectivity index (χ2v) is 16.4. The van der Waals surface area contributed by atoms with Gasteiger partial charge in [-0.25, -0.2) is 10.1 Å². The Hall–Kier alpha value is -6.22. The first-order valence-corrected chi connectivity index (χ1v) is 20.8. The molecule has 0 spiro atoms. The summed E-state index contributed by atoms with van der Waals surface area (Å²) in [6.07, 6.45) is 0. The third-order valence-electron chi connectivity index (χ3n) is 8.12. The summed E-state index contributed by atoms with van der Waals surface area (Å²) in [4.78, 5) is 23.1. The SMILES string of the molecule is Cc1cccc(Nc2nc(Cl)nc(Nc3ccc(N=Nc4cc(C)c(N=Nc5cc6c(S(=O)(=O)O)cc(SOOO)cc6cc5S(=O)(=O)O)cc4C)c(NC(N)=O)c3)n2)c1. The minimum Gasteiger partial charge on any atom is -0.351 e. The number of primary amides is 1. The number of carbonyl (C=O) groups is 1. The van der Waals surface area contributed by atoms with E-state index in [9.17, 15) is 30.7 Å². The summed E-state index contributed by atoms with van der Waals surface area (Å²) >= 11 is 6.52. The number of anilines is 5. The molecule has 0 fully saturated rings. The first kappa shape index (κ1) is 43.4. The molecule has 25 heteroatoms. The number of halogens is 1. The molecule has 6 rings (SSSR count). The molecule has 1 aromatic heterocycles. The van der Waals surface area contributed by atoms with E-state index in [1.165, 1.54) is 12.1 Å². The van der Waals surface area contributed by atoms with Crippen molar-refractivity contribution in [3.05, 3.63) is 101 Å². The molecule has 0 aliphatic rings. The van der Waals surface area contributed by atoms with Gasteiger partial charge in [0, 0.05) is 21.7 Å². The highest BCUT2D eigenvalue weighted by molar-refractivity contribution is 7.94. The normalized spacial score (nSPS) is 12.1. The number of hydrogen-bond donors (Lipinski definition) is 7. The Balaban J connectivity index is 1.27. The minimum absolute atomic E-state index is 0.0270. The molecule has 5 aromatic carbocycles. The smallest absolute Gasteiger partial charge is 0.316 e. The fourth-order valence-corrected chi connectivity index (χ4v) is 7.57. The molecule has 1 heterocycles. The predicted octanol–water partition coefficient (Wildman–Crippen LogP) is 9.33. The summed E-state index contributed by atoms with van der Waals surface area (Å²) in [5.74, 6) is 0.282. The van der Waals surface area contributed by atoms with Gasteiger partial charge >= 0.3 is 6.03 Å². The van der Waals surface area contributed by atoms with Crippen LogP contribution in [0.15, 0.2) is 114 Å². The quantitative estimate of drug-likeness (QED) is 0.0176. The lowest BCUT2D eigenvalue weighted by Gasteiger charge is -2.11. The van der Waals surface area contributed by atoms with E-state index in [1.807, 2.05) is 31.2 Å². The minimum atomic E-state index is -4.96. The highest BCUT2D eigenvalue weighted by atomic mass is 35.5. The zero-order chi connectivity index (χ0) is 43.4. The Morgan fingerprint density at radius 3 is 1.92 bits per heavy atom. The number of amides is 2. The molecular weight excluding hydrogens is 866 g/mol. The molecule has 6 aromatic rings. The van der Waals surface area contributed by atoms with Crippen LogP contribution in [0.25, 0.3) is 10.8 Å². The Labute approximate surface area is 349 Å². The van der Waals surface area contributed by atoms with Crippen LogP contribution in [0.2, 0.25) is 5.28 Å². The van der Waals surface area contributed by atoms with Crippen molar-refractivity contribution in [1.82, 2.24) is 15.0 Å². The number of nitrogens with one attached hydrogen (secondary N) is 3. The van der Waals surface area contributed by atoms with Gasteiger partial charge in [0.25, 0.3) is 20.2 Å². The number of azo groups is 2. The zero-order valence-electron chi connectivity index (χ0n) is 31.0. The molecule has 310 valence electrons. The number of urea groups is 1. The van der Waals surface area contributed by atoms with Gasteiger partial charge in [0.15, 0.2) is 0 Å². The maximum Gasteiger partial charge on any atom is 0.316 e. The number of nitrogens with two attached hydrogens (primary N) is 1. The van der Waals surface area contributed by atoms with Crippen molar-refractivity contribution in [2.75, 3.05) is 16.0 Å². The second-order valence-electron chi connectivity index (χ2n) is 12.6. The van der Waals surface area contributed by atoms with E-state index in [-0.39, 0.29) is 49.9 Å². The van der Waals surface area contributed by atoms with Crippen molar-refractivity contribution in [2.24, 2.45) is 26.2 Å². The standard InChI is InChI=1S/C35H30ClN11O10S3/c1-17-5-4-6-21(9-17)38-34-41-32(36)42-35(43-34)39-22-7-8-25(28(14-22)40-33(37)48)44-45-26-10-19(3)27(11-18(26)2)46-47-29-16-24-20(13-31(29)60(53,54)55)12-23(58-57-56-49)15-30(24)59(50,51)52/h4-16,49H,1-3H3,(H3,37,40,48)(H,50,51,52)(H,53,54,55)(H2,38,39,41,42,43). The molecule has 0 bridgehead atoms. The van der Waals surface area contributed by atoms with Crippen LogP contribution in [0, 0.1) is 20.8 Å². The molecule has 0 aliphatic carbocycles. The van der Waals surface area contributed by atoms with Gasteiger partial charge in [0.2, 0.25) is 17.2 Å². The average molecular weight is 896 g/mol. The third-order valence-corrected chi connectivity index (χ3v) is 10.6. The molecule has 0 atom stereocenters. The molecule has 0 radical (unpaired) electrons. The molecule has 8 N–H and O–H groups in total. The van der Waals surface area contributed by atoms with Crippen LogP contribution in [0.1, 0.15) is 16.7 Å². The van der Waals surface area contributed by atoms with Gasteiger partial charge in [-0.05, 0) is 121 Å². The molecule has 60 heavy (non-hydrogen) atoms. The van der Waals surface area contributed by atoms with Crippen LogP contribution in [0.4, 0.5) is 56.5 Å². The van der Waals surface area contributed by atoms with Gasteiger partial charge in [-0.15, -0.1) is 14.6 Å². The number of nitrogens with zero attached hydrogens (tertiary/aromatic N) is 7. The van der Waals surface area contributed by atoms with E-state index in [1.54, 1.807) is 38.1 Å². The maximum atomic E-state index is 12.4. The van der Waals surface area contributed by atoms with Crippen molar-refractivity contribution >= 4 is 112 Å². The van der Waals surface area contributed by atoms with E-state index in [4.69, 9.17) is 22.6 Å². The predicted molar refractivity (Wildman–Crippen MR) is 221 cm³/mol. The molecule has 0 saturated heterocycles. The zero-order valence-corrected chi connectivity index (χ0v) is 34.2. The van der Waals surface area contributed by atoms with E-state index >= 15 is 0 Å². The summed E-state index contributed by atoms with van der Waals surface area (Å²) < 4.78 is 73.6. The van der Waals surface area contributed by atoms with Crippen molar-refractivity contribution in [1.29, 1.82) is 0 Å². The molecule has 21 nitrogen and oxygen atoms in total.